The van der Waals surface area contributed by atoms with Gasteiger partial charge in [-0.25, -0.2) is 18.4 Å². The van der Waals surface area contributed by atoms with Crippen LogP contribution < -0.4 is 0 Å². The molecular formula is C12H15ClN4O2S2. The van der Waals surface area contributed by atoms with Crippen LogP contribution in [0.15, 0.2) is 16.6 Å². The number of aromatic nitrogens is 3. The minimum absolute atomic E-state index is 0.0481. The van der Waals surface area contributed by atoms with Gasteiger partial charge in [0.25, 0.3) is 10.0 Å². The van der Waals surface area contributed by atoms with Crippen molar-refractivity contribution in [3.8, 4) is 0 Å². The number of halogens is 1. The topological polar surface area (TPSA) is 68.1 Å². The minimum Gasteiger partial charge on any atom is -0.337 e. The second kappa shape index (κ2) is 5.35. The van der Waals surface area contributed by atoms with E-state index < -0.39 is 10.0 Å². The maximum atomic E-state index is 12.9. The van der Waals surface area contributed by atoms with Crippen molar-refractivity contribution in [3.63, 3.8) is 0 Å². The number of sulfonamides is 1. The van der Waals surface area contributed by atoms with Crippen LogP contribution in [0, 0.1) is 6.92 Å². The number of imidazole rings is 1. The number of aryl methyl sites for hydroxylation is 2. The van der Waals surface area contributed by atoms with Gasteiger partial charge >= 0.3 is 0 Å². The molecule has 0 unspecified atom stereocenters. The van der Waals surface area contributed by atoms with Gasteiger partial charge in [0.15, 0.2) is 8.68 Å². The number of rotatable bonds is 5. The molecule has 0 spiro atoms. The van der Waals surface area contributed by atoms with Gasteiger partial charge in [-0.1, -0.05) is 22.9 Å². The first-order chi connectivity index (χ1) is 9.89. The summed E-state index contributed by atoms with van der Waals surface area (Å²) in [4.78, 5) is 8.23. The molecule has 21 heavy (non-hydrogen) atoms. The molecule has 0 amide bonds. The Balaban J connectivity index is 1.97. The van der Waals surface area contributed by atoms with Gasteiger partial charge in [0.2, 0.25) is 0 Å². The van der Waals surface area contributed by atoms with E-state index >= 15 is 0 Å². The van der Waals surface area contributed by atoms with Crippen molar-refractivity contribution in [3.05, 3.63) is 28.4 Å². The number of hydrogen-bond donors (Lipinski definition) is 0. The molecule has 0 saturated heterocycles. The lowest BCUT2D eigenvalue weighted by Crippen LogP contribution is -2.33. The number of nitrogens with zero attached hydrogens (tertiary/aromatic N) is 4. The van der Waals surface area contributed by atoms with E-state index in [2.05, 4.69) is 9.97 Å². The molecule has 0 radical (unpaired) electrons. The van der Waals surface area contributed by atoms with E-state index in [4.69, 9.17) is 11.6 Å². The van der Waals surface area contributed by atoms with Crippen molar-refractivity contribution in [2.45, 2.75) is 36.6 Å². The van der Waals surface area contributed by atoms with Crippen LogP contribution in [0.4, 0.5) is 0 Å². The zero-order chi connectivity index (χ0) is 15.2. The summed E-state index contributed by atoms with van der Waals surface area (Å²) in [5.41, 5.74) is 0.454. The lowest BCUT2D eigenvalue weighted by molar-refractivity contribution is 0.386. The Morgan fingerprint density at radius 2 is 2.24 bits per heavy atom. The van der Waals surface area contributed by atoms with E-state index in [9.17, 15) is 8.42 Å². The SMILES string of the molecule is Cc1nc(Cl)sc1S(=O)(=O)N(Cc1nccn1C)C1CC1. The summed E-state index contributed by atoms with van der Waals surface area (Å²) in [6.07, 6.45) is 5.24. The second-order valence-electron chi connectivity index (χ2n) is 5.08. The normalized spacial score (nSPS) is 15.8. The molecule has 9 heteroatoms. The van der Waals surface area contributed by atoms with Crippen molar-refractivity contribution >= 4 is 33.0 Å². The molecule has 1 fully saturated rings. The quantitative estimate of drug-likeness (QED) is 0.832. The smallest absolute Gasteiger partial charge is 0.255 e. The first-order valence-corrected chi connectivity index (χ1v) is 9.14. The minimum atomic E-state index is -3.59. The molecule has 0 atom stereocenters. The third-order valence-corrected chi connectivity index (χ3v) is 7.19. The Morgan fingerprint density at radius 3 is 2.71 bits per heavy atom. The van der Waals surface area contributed by atoms with E-state index in [1.807, 2.05) is 17.8 Å². The first-order valence-electron chi connectivity index (χ1n) is 6.50. The number of hydrogen-bond acceptors (Lipinski definition) is 5. The molecule has 0 N–H and O–H groups in total. The zero-order valence-corrected chi connectivity index (χ0v) is 14.0. The van der Waals surface area contributed by atoms with Gasteiger partial charge < -0.3 is 4.57 Å². The van der Waals surface area contributed by atoms with Gasteiger partial charge in [0.1, 0.15) is 5.82 Å². The maximum Gasteiger partial charge on any atom is 0.255 e. The van der Waals surface area contributed by atoms with Gasteiger partial charge in [0.05, 0.1) is 12.2 Å². The van der Waals surface area contributed by atoms with Crippen LogP contribution in [0.2, 0.25) is 4.47 Å². The highest BCUT2D eigenvalue weighted by Gasteiger charge is 2.40. The van der Waals surface area contributed by atoms with E-state index in [1.165, 1.54) is 4.31 Å². The van der Waals surface area contributed by atoms with E-state index in [1.54, 1.807) is 13.1 Å². The third-order valence-electron chi connectivity index (χ3n) is 3.44. The van der Waals surface area contributed by atoms with Gasteiger partial charge in [-0.3, -0.25) is 0 Å². The molecule has 6 nitrogen and oxygen atoms in total. The van der Waals surface area contributed by atoms with E-state index in [-0.39, 0.29) is 21.3 Å². The molecule has 2 aromatic heterocycles. The maximum absolute atomic E-state index is 12.9. The molecule has 3 rings (SSSR count). The molecule has 0 aromatic carbocycles. The van der Waals surface area contributed by atoms with E-state index in [0.717, 1.165) is 30.0 Å². The predicted octanol–water partition coefficient (Wildman–Crippen LogP) is 2.19. The average Bonchev–Trinajstić information content (AvgIpc) is 3.07. The molecule has 114 valence electrons. The first kappa shape index (κ1) is 15.0. The van der Waals surface area contributed by atoms with Gasteiger partial charge in [0, 0.05) is 25.5 Å². The van der Waals surface area contributed by atoms with E-state index in [0.29, 0.717) is 5.69 Å². The fourth-order valence-corrected chi connectivity index (χ4v) is 5.65. The van der Waals surface area contributed by atoms with Crippen LogP contribution in [-0.2, 0) is 23.6 Å². The predicted molar refractivity (Wildman–Crippen MR) is 80.8 cm³/mol. The van der Waals surface area contributed by atoms with Crippen molar-refractivity contribution in [1.82, 2.24) is 18.8 Å². The Hall–Kier alpha value is -0.960. The summed E-state index contributed by atoms with van der Waals surface area (Å²) in [5, 5.41) is 0. The summed E-state index contributed by atoms with van der Waals surface area (Å²) < 4.78 is 29.6. The number of thiazole rings is 1. The molecule has 0 bridgehead atoms. The summed E-state index contributed by atoms with van der Waals surface area (Å²) >= 11 is 6.86. The Kier molecular flexibility index (Phi) is 3.81. The van der Waals surface area contributed by atoms with Gasteiger partial charge in [-0.15, -0.1) is 0 Å². The molecule has 1 saturated carbocycles. The molecule has 2 aromatic rings. The van der Waals surface area contributed by atoms with Crippen molar-refractivity contribution in [2.75, 3.05) is 0 Å². The highest BCUT2D eigenvalue weighted by molar-refractivity contribution is 7.91. The fourth-order valence-electron chi connectivity index (χ4n) is 2.16. The van der Waals surface area contributed by atoms with Crippen LogP contribution in [0.25, 0.3) is 0 Å². The molecular weight excluding hydrogens is 332 g/mol. The second-order valence-corrected chi connectivity index (χ2v) is 8.74. The summed E-state index contributed by atoms with van der Waals surface area (Å²) in [5.74, 6) is 0.721. The molecule has 0 aliphatic heterocycles. The zero-order valence-electron chi connectivity index (χ0n) is 11.7. The van der Waals surface area contributed by atoms with Crippen LogP contribution in [-0.4, -0.2) is 33.3 Å². The van der Waals surface area contributed by atoms with Crippen molar-refractivity contribution in [2.24, 2.45) is 7.05 Å². The van der Waals surface area contributed by atoms with Crippen LogP contribution >= 0.6 is 22.9 Å². The summed E-state index contributed by atoms with van der Waals surface area (Å²) in [6, 6.07) is 0.0481. The molecule has 1 aliphatic carbocycles. The highest BCUT2D eigenvalue weighted by Crippen LogP contribution is 2.36. The highest BCUT2D eigenvalue weighted by atomic mass is 35.5. The summed E-state index contributed by atoms with van der Waals surface area (Å²) in [7, 11) is -1.73. The van der Waals surface area contributed by atoms with Crippen molar-refractivity contribution < 1.29 is 8.42 Å². The summed E-state index contributed by atoms with van der Waals surface area (Å²) in [6.45, 7) is 1.94. The molecule has 2 heterocycles. The largest absolute Gasteiger partial charge is 0.337 e. The van der Waals surface area contributed by atoms with Crippen molar-refractivity contribution in [1.29, 1.82) is 0 Å². The Bertz CT molecular complexity index is 764. The lowest BCUT2D eigenvalue weighted by atomic mass is 10.5. The standard InChI is InChI=1S/C12H15ClN4O2S2/c1-8-11(20-12(13)15-8)21(18,19)17(9-3-4-9)7-10-14-5-6-16(10)2/h5-6,9H,3-4,7H2,1-2H3. The monoisotopic (exact) mass is 346 g/mol. The average molecular weight is 347 g/mol. The Morgan fingerprint density at radius 1 is 1.52 bits per heavy atom. The Labute approximate surface area is 132 Å². The third kappa shape index (κ3) is 2.85. The van der Waals surface area contributed by atoms with Crippen LogP contribution in [0.3, 0.4) is 0 Å². The molecule has 1 aliphatic rings. The van der Waals surface area contributed by atoms with Gasteiger partial charge in [-0.05, 0) is 19.8 Å². The van der Waals surface area contributed by atoms with Crippen LogP contribution in [0.5, 0.6) is 0 Å². The fraction of sp³-hybridized carbons (Fsp3) is 0.500. The van der Waals surface area contributed by atoms with Gasteiger partial charge in [-0.2, -0.15) is 4.31 Å². The van der Waals surface area contributed by atoms with Crippen LogP contribution in [0.1, 0.15) is 24.4 Å². The lowest BCUT2D eigenvalue weighted by Gasteiger charge is -2.20.